The second-order valence-electron chi connectivity index (χ2n) is 7.08. The van der Waals surface area contributed by atoms with E-state index in [9.17, 15) is 9.18 Å². The molecule has 28 heavy (non-hydrogen) atoms. The first-order chi connectivity index (χ1) is 13.5. The highest BCUT2D eigenvalue weighted by atomic mass is 32.1. The lowest BCUT2D eigenvalue weighted by atomic mass is 9.96. The summed E-state index contributed by atoms with van der Waals surface area (Å²) >= 11 is 1.57. The molecular weight excluding hydrogens is 371 g/mol. The summed E-state index contributed by atoms with van der Waals surface area (Å²) in [5.74, 6) is -0.0333. The van der Waals surface area contributed by atoms with E-state index in [2.05, 4.69) is 36.6 Å². The predicted molar refractivity (Wildman–Crippen MR) is 113 cm³/mol. The van der Waals surface area contributed by atoms with Crippen molar-refractivity contribution in [3.8, 4) is 0 Å². The van der Waals surface area contributed by atoms with Crippen molar-refractivity contribution in [3.63, 3.8) is 0 Å². The molecule has 0 spiro atoms. The quantitative estimate of drug-likeness (QED) is 0.557. The van der Waals surface area contributed by atoms with E-state index in [4.69, 9.17) is 0 Å². The van der Waals surface area contributed by atoms with Crippen LogP contribution in [0.2, 0.25) is 0 Å². The van der Waals surface area contributed by atoms with Gasteiger partial charge in [-0.1, -0.05) is 62.4 Å². The number of halogens is 1. The van der Waals surface area contributed by atoms with Crippen LogP contribution in [0.1, 0.15) is 41.9 Å². The van der Waals surface area contributed by atoms with Crippen LogP contribution in [0.15, 0.2) is 72.1 Å². The summed E-state index contributed by atoms with van der Waals surface area (Å²) in [6.45, 7) is 4.48. The smallest absolute Gasteiger partial charge is 0.234 e. The predicted octanol–water partition coefficient (Wildman–Crippen LogP) is 5.08. The van der Waals surface area contributed by atoms with Crippen LogP contribution in [-0.2, 0) is 4.79 Å². The Morgan fingerprint density at radius 3 is 2.29 bits per heavy atom. The highest BCUT2D eigenvalue weighted by Gasteiger charge is 2.20. The first-order valence-corrected chi connectivity index (χ1v) is 10.3. The van der Waals surface area contributed by atoms with Crippen LogP contribution in [-0.4, -0.2) is 12.5 Å². The molecule has 2 atom stereocenters. The van der Waals surface area contributed by atoms with Gasteiger partial charge in [0, 0.05) is 10.9 Å². The molecule has 0 unspecified atom stereocenters. The minimum atomic E-state index is -0.288. The molecule has 1 heterocycles. The van der Waals surface area contributed by atoms with Gasteiger partial charge in [-0.05, 0) is 40.6 Å². The molecule has 0 aliphatic rings. The Morgan fingerprint density at radius 1 is 0.964 bits per heavy atom. The fourth-order valence-electron chi connectivity index (χ4n) is 3.24. The van der Waals surface area contributed by atoms with E-state index in [0.717, 1.165) is 10.4 Å². The Kier molecular flexibility index (Phi) is 6.95. The lowest BCUT2D eigenvalue weighted by Crippen LogP contribution is -2.39. The van der Waals surface area contributed by atoms with Crippen LogP contribution >= 0.6 is 11.3 Å². The van der Waals surface area contributed by atoms with Gasteiger partial charge in [-0.15, -0.1) is 11.3 Å². The van der Waals surface area contributed by atoms with E-state index in [1.54, 1.807) is 23.5 Å². The van der Waals surface area contributed by atoms with Crippen molar-refractivity contribution >= 4 is 17.2 Å². The van der Waals surface area contributed by atoms with Gasteiger partial charge in [0.15, 0.2) is 0 Å². The van der Waals surface area contributed by atoms with Gasteiger partial charge >= 0.3 is 0 Å². The summed E-state index contributed by atoms with van der Waals surface area (Å²) in [6, 6.07) is 20.2. The van der Waals surface area contributed by atoms with Gasteiger partial charge in [0.2, 0.25) is 5.91 Å². The molecule has 5 heteroatoms. The van der Waals surface area contributed by atoms with E-state index in [-0.39, 0.29) is 30.4 Å². The second kappa shape index (κ2) is 9.62. The highest BCUT2D eigenvalue weighted by Crippen LogP contribution is 2.26. The topological polar surface area (TPSA) is 41.1 Å². The van der Waals surface area contributed by atoms with Crippen molar-refractivity contribution in [2.24, 2.45) is 5.92 Å². The third-order valence-electron chi connectivity index (χ3n) is 4.64. The maximum Gasteiger partial charge on any atom is 0.234 e. The number of nitrogens with one attached hydrogen (secondary N) is 2. The van der Waals surface area contributed by atoms with Gasteiger partial charge < -0.3 is 10.6 Å². The number of benzene rings is 2. The number of amides is 1. The molecule has 3 aromatic rings. The largest absolute Gasteiger partial charge is 0.343 e. The Morgan fingerprint density at radius 2 is 1.68 bits per heavy atom. The lowest BCUT2D eigenvalue weighted by Gasteiger charge is -2.24. The third kappa shape index (κ3) is 5.27. The van der Waals surface area contributed by atoms with Crippen molar-refractivity contribution < 1.29 is 9.18 Å². The molecule has 2 N–H and O–H groups in total. The molecule has 3 nitrogen and oxygen atoms in total. The maximum atomic E-state index is 13.3. The summed E-state index contributed by atoms with van der Waals surface area (Å²) in [7, 11) is 0. The molecule has 0 saturated heterocycles. The molecule has 146 valence electrons. The van der Waals surface area contributed by atoms with Crippen LogP contribution in [0, 0.1) is 11.7 Å². The molecule has 0 radical (unpaired) electrons. The van der Waals surface area contributed by atoms with Crippen LogP contribution in [0.3, 0.4) is 0 Å². The first-order valence-electron chi connectivity index (χ1n) is 9.41. The Hall–Kier alpha value is -2.50. The standard InChI is InChI=1S/C23H25FN2OS/c1-16(2)22(17-7-4-3-5-8-17)25-15-21(27)26-23(20-9-6-14-28-20)18-10-12-19(24)13-11-18/h3-14,16,22-23,25H,15H2,1-2H3,(H,26,27)/t22-,23-/m0/s1. The van der Waals surface area contributed by atoms with Crippen LogP contribution < -0.4 is 10.6 Å². The average Bonchev–Trinajstić information content (AvgIpc) is 3.22. The second-order valence-corrected chi connectivity index (χ2v) is 8.06. The number of thiophene rings is 1. The van der Waals surface area contributed by atoms with Gasteiger partial charge in [-0.2, -0.15) is 0 Å². The zero-order valence-corrected chi connectivity index (χ0v) is 16.9. The van der Waals surface area contributed by atoms with Crippen molar-refractivity contribution in [1.29, 1.82) is 0 Å². The Balaban J connectivity index is 1.69. The summed E-state index contributed by atoms with van der Waals surface area (Å²) in [5, 5.41) is 8.44. The average molecular weight is 397 g/mol. The summed E-state index contributed by atoms with van der Waals surface area (Å²) < 4.78 is 13.3. The molecule has 0 saturated carbocycles. The van der Waals surface area contributed by atoms with E-state index in [1.165, 1.54) is 17.7 Å². The molecule has 2 aromatic carbocycles. The molecule has 3 rings (SSSR count). The van der Waals surface area contributed by atoms with Crippen LogP contribution in [0.5, 0.6) is 0 Å². The zero-order valence-electron chi connectivity index (χ0n) is 16.1. The molecular formula is C23H25FN2OS. The summed E-state index contributed by atoms with van der Waals surface area (Å²) in [4.78, 5) is 13.7. The molecule has 0 bridgehead atoms. The number of hydrogen-bond donors (Lipinski definition) is 2. The fourth-order valence-corrected chi connectivity index (χ4v) is 4.05. The van der Waals surface area contributed by atoms with Crippen molar-refractivity contribution in [3.05, 3.63) is 93.9 Å². The van der Waals surface area contributed by atoms with Gasteiger partial charge in [0.05, 0.1) is 12.6 Å². The van der Waals surface area contributed by atoms with E-state index >= 15 is 0 Å². The molecule has 1 amide bonds. The van der Waals surface area contributed by atoms with Crippen LogP contribution in [0.4, 0.5) is 4.39 Å². The maximum absolute atomic E-state index is 13.3. The summed E-state index contributed by atoms with van der Waals surface area (Å²) in [6.07, 6.45) is 0. The normalized spacial score (nSPS) is 13.3. The van der Waals surface area contributed by atoms with Gasteiger partial charge in [-0.3, -0.25) is 4.79 Å². The van der Waals surface area contributed by atoms with E-state index in [1.807, 2.05) is 35.7 Å². The Labute approximate surface area is 169 Å². The summed E-state index contributed by atoms with van der Waals surface area (Å²) in [5.41, 5.74) is 2.03. The number of hydrogen-bond acceptors (Lipinski definition) is 3. The van der Waals surface area contributed by atoms with Crippen molar-refractivity contribution in [2.75, 3.05) is 6.54 Å². The van der Waals surface area contributed by atoms with Crippen molar-refractivity contribution in [2.45, 2.75) is 25.9 Å². The fraction of sp³-hybridized carbons (Fsp3) is 0.261. The minimum absolute atomic E-state index is 0.0932. The minimum Gasteiger partial charge on any atom is -0.343 e. The number of carbonyl (C=O) groups is 1. The van der Waals surface area contributed by atoms with E-state index < -0.39 is 0 Å². The van der Waals surface area contributed by atoms with Gasteiger partial charge in [0.25, 0.3) is 0 Å². The first kappa shape index (κ1) is 20.2. The van der Waals surface area contributed by atoms with Gasteiger partial charge in [0.1, 0.15) is 5.82 Å². The van der Waals surface area contributed by atoms with Gasteiger partial charge in [-0.25, -0.2) is 4.39 Å². The molecule has 0 aliphatic heterocycles. The monoisotopic (exact) mass is 396 g/mol. The number of rotatable bonds is 8. The Bertz CT molecular complexity index is 863. The zero-order chi connectivity index (χ0) is 19.9. The molecule has 0 fully saturated rings. The third-order valence-corrected chi connectivity index (χ3v) is 5.58. The van der Waals surface area contributed by atoms with E-state index in [0.29, 0.717) is 5.92 Å². The van der Waals surface area contributed by atoms with Crippen LogP contribution in [0.25, 0.3) is 0 Å². The van der Waals surface area contributed by atoms with Crippen molar-refractivity contribution in [1.82, 2.24) is 10.6 Å². The molecule has 1 aromatic heterocycles. The lowest BCUT2D eigenvalue weighted by molar-refractivity contribution is -0.120. The number of carbonyl (C=O) groups excluding carboxylic acids is 1. The molecule has 0 aliphatic carbocycles. The SMILES string of the molecule is CC(C)[C@H](NCC(=O)N[C@@H](c1ccc(F)cc1)c1cccs1)c1ccccc1. The highest BCUT2D eigenvalue weighted by molar-refractivity contribution is 7.10.